The Morgan fingerprint density at radius 3 is 1.79 bits per heavy atom. The van der Waals surface area contributed by atoms with Gasteiger partial charge in [0.2, 0.25) is 0 Å². The van der Waals surface area contributed by atoms with Crippen molar-refractivity contribution < 1.29 is 42.5 Å². The quantitative estimate of drug-likeness (QED) is 0.349. The molecule has 0 amide bonds. The minimum atomic E-state index is -4.35. The molecule has 1 aromatic rings. The van der Waals surface area contributed by atoms with Crippen molar-refractivity contribution in [3.63, 3.8) is 0 Å². The third-order valence-electron chi connectivity index (χ3n) is 4.04. The average molecular weight is 366 g/mol. The van der Waals surface area contributed by atoms with E-state index >= 15 is 0 Å². The Morgan fingerprint density at radius 2 is 1.29 bits per heavy atom. The Bertz CT molecular complexity index is 521. The topological polar surface area (TPSA) is 92.2 Å². The van der Waals surface area contributed by atoms with Gasteiger partial charge in [0, 0.05) is 0 Å². The first kappa shape index (κ1) is 26.3. The van der Waals surface area contributed by atoms with Gasteiger partial charge in [-0.1, -0.05) is 82.9 Å². The first-order chi connectivity index (χ1) is 10.6. The number of hydrogen-bond acceptors (Lipinski definition) is 4. The number of benzene rings is 1. The molecule has 0 atom stereocenters. The normalized spacial score (nSPS) is 10.8. The summed E-state index contributed by atoms with van der Waals surface area (Å²) in [4.78, 5) is -0.0501. The molecule has 0 fully saturated rings. The predicted molar refractivity (Wildman–Crippen MR) is 95.0 cm³/mol. The summed E-state index contributed by atoms with van der Waals surface area (Å²) in [6.07, 6.45) is 13.2. The molecule has 0 aliphatic carbocycles. The van der Waals surface area contributed by atoms with Gasteiger partial charge in [-0.2, -0.15) is 0 Å². The summed E-state index contributed by atoms with van der Waals surface area (Å²) < 4.78 is 33.5. The van der Waals surface area contributed by atoms with Gasteiger partial charge in [-0.15, -0.1) is 0 Å². The van der Waals surface area contributed by atoms with Gasteiger partial charge in [-0.25, -0.2) is 8.42 Å². The molecular formula is C18H32NNaO3S. The molecule has 24 heavy (non-hydrogen) atoms. The number of unbranched alkanes of at least 4 members (excludes halogenated alkanes) is 9. The first-order valence-electron chi connectivity index (χ1n) is 8.59. The van der Waals surface area contributed by atoms with Crippen LogP contribution in [-0.2, 0) is 16.5 Å². The molecule has 0 radical (unpaired) electrons. The third kappa shape index (κ3) is 11.6. The van der Waals surface area contributed by atoms with Gasteiger partial charge in [0.05, 0.1) is 4.90 Å². The summed E-state index contributed by atoms with van der Waals surface area (Å²) in [5.74, 6) is 0. The second-order valence-corrected chi connectivity index (χ2v) is 7.34. The zero-order chi connectivity index (χ0) is 16.3. The van der Waals surface area contributed by atoms with Crippen molar-refractivity contribution in [1.29, 1.82) is 0 Å². The minimum absolute atomic E-state index is 0. The Morgan fingerprint density at radius 1 is 0.833 bits per heavy atom. The van der Waals surface area contributed by atoms with Crippen LogP contribution in [0.1, 0.15) is 76.7 Å². The monoisotopic (exact) mass is 365 g/mol. The van der Waals surface area contributed by atoms with Crippen molar-refractivity contribution in [1.82, 2.24) is 6.15 Å². The predicted octanol–water partition coefficient (Wildman–Crippen LogP) is 2.22. The Labute approximate surface area is 170 Å². The zero-order valence-electron chi connectivity index (χ0n) is 15.4. The molecule has 0 heterocycles. The SMILES string of the molecule is CCCCCCCCCCCCc1ccccc1S(=O)(=O)[O-].N.[Na+]. The molecule has 4 nitrogen and oxygen atoms in total. The molecule has 0 aliphatic heterocycles. The van der Waals surface area contributed by atoms with Crippen LogP contribution >= 0.6 is 0 Å². The fraction of sp³-hybridized carbons (Fsp3) is 0.667. The van der Waals surface area contributed by atoms with Crippen LogP contribution in [0.3, 0.4) is 0 Å². The van der Waals surface area contributed by atoms with Crippen molar-refractivity contribution in [2.45, 2.75) is 82.4 Å². The maximum atomic E-state index is 11.2. The third-order valence-corrected chi connectivity index (χ3v) is 4.98. The van der Waals surface area contributed by atoms with Gasteiger partial charge < -0.3 is 10.7 Å². The molecule has 0 spiro atoms. The largest absolute Gasteiger partial charge is 1.00 e. The number of aryl methyl sites for hydroxylation is 1. The van der Waals surface area contributed by atoms with Crippen LogP contribution in [0.15, 0.2) is 29.2 Å². The van der Waals surface area contributed by atoms with Crippen molar-refractivity contribution in [3.8, 4) is 0 Å². The van der Waals surface area contributed by atoms with E-state index in [1.54, 1.807) is 18.2 Å². The second-order valence-electron chi connectivity index (χ2n) is 5.99. The van der Waals surface area contributed by atoms with Crippen molar-refractivity contribution in [2.75, 3.05) is 0 Å². The van der Waals surface area contributed by atoms with E-state index in [1.165, 1.54) is 57.4 Å². The summed E-state index contributed by atoms with van der Waals surface area (Å²) in [6, 6.07) is 6.56. The average Bonchev–Trinajstić information content (AvgIpc) is 2.48. The summed E-state index contributed by atoms with van der Waals surface area (Å²) in [5.41, 5.74) is 0.664. The van der Waals surface area contributed by atoms with Gasteiger partial charge >= 0.3 is 29.6 Å². The van der Waals surface area contributed by atoms with Crippen LogP contribution < -0.4 is 35.7 Å². The Balaban J connectivity index is 0. The smallest absolute Gasteiger partial charge is 0.744 e. The van der Waals surface area contributed by atoms with Crippen LogP contribution in [0, 0.1) is 0 Å². The standard InChI is InChI=1S/C18H30O3S.H3N.Na/c1-2-3-4-5-6-7-8-9-10-11-14-17-15-12-13-16-18(17)22(19,20)21;;/h12-13,15-16H,2-11,14H2,1H3,(H,19,20,21);1H3;/q;;+1/p-1. The van der Waals surface area contributed by atoms with E-state index in [9.17, 15) is 13.0 Å². The molecule has 134 valence electrons. The minimum Gasteiger partial charge on any atom is -0.744 e. The van der Waals surface area contributed by atoms with E-state index in [4.69, 9.17) is 0 Å². The van der Waals surface area contributed by atoms with E-state index in [0.717, 1.165) is 12.8 Å². The Hall–Kier alpha value is 0.0900. The maximum absolute atomic E-state index is 11.2. The summed E-state index contributed by atoms with van der Waals surface area (Å²) in [5, 5.41) is 0. The van der Waals surface area contributed by atoms with E-state index in [0.29, 0.717) is 12.0 Å². The number of hydrogen-bond donors (Lipinski definition) is 1. The van der Waals surface area contributed by atoms with Gasteiger partial charge in [-0.3, -0.25) is 0 Å². The van der Waals surface area contributed by atoms with E-state index < -0.39 is 10.1 Å². The molecule has 0 saturated heterocycles. The molecule has 6 heteroatoms. The van der Waals surface area contributed by atoms with Gasteiger partial charge in [0.1, 0.15) is 10.1 Å². The molecular weight excluding hydrogens is 333 g/mol. The van der Waals surface area contributed by atoms with Crippen LogP contribution in [0.5, 0.6) is 0 Å². The van der Waals surface area contributed by atoms with Gasteiger partial charge in [-0.05, 0) is 24.5 Å². The summed E-state index contributed by atoms with van der Waals surface area (Å²) >= 11 is 0. The van der Waals surface area contributed by atoms with Crippen LogP contribution in [0.25, 0.3) is 0 Å². The van der Waals surface area contributed by atoms with E-state index in [2.05, 4.69) is 6.92 Å². The van der Waals surface area contributed by atoms with Crippen LogP contribution in [-0.4, -0.2) is 13.0 Å². The molecule has 0 bridgehead atoms. The molecule has 0 aromatic heterocycles. The van der Waals surface area contributed by atoms with E-state index in [-0.39, 0.29) is 40.6 Å². The van der Waals surface area contributed by atoms with Crippen molar-refractivity contribution in [2.24, 2.45) is 0 Å². The summed E-state index contributed by atoms with van der Waals surface area (Å²) in [7, 11) is -4.35. The summed E-state index contributed by atoms with van der Waals surface area (Å²) in [6.45, 7) is 2.23. The second kappa shape index (κ2) is 15.4. The fourth-order valence-corrected chi connectivity index (χ4v) is 3.49. The Kier molecular flexibility index (Phi) is 16.8. The van der Waals surface area contributed by atoms with Crippen LogP contribution in [0.2, 0.25) is 0 Å². The number of rotatable bonds is 12. The van der Waals surface area contributed by atoms with Crippen molar-refractivity contribution in [3.05, 3.63) is 29.8 Å². The van der Waals surface area contributed by atoms with Gasteiger partial charge in [0.25, 0.3) is 0 Å². The van der Waals surface area contributed by atoms with Crippen LogP contribution in [0.4, 0.5) is 0 Å². The van der Waals surface area contributed by atoms with Crippen molar-refractivity contribution >= 4 is 10.1 Å². The molecule has 0 unspecified atom stereocenters. The first-order valence-corrected chi connectivity index (χ1v) is 10.0. The maximum Gasteiger partial charge on any atom is 1.00 e. The zero-order valence-corrected chi connectivity index (χ0v) is 18.2. The fourth-order valence-electron chi connectivity index (χ4n) is 2.76. The molecule has 1 aromatic carbocycles. The van der Waals surface area contributed by atoms with Gasteiger partial charge in [0.15, 0.2) is 0 Å². The molecule has 0 saturated carbocycles. The molecule has 0 aliphatic rings. The van der Waals surface area contributed by atoms with E-state index in [1.807, 2.05) is 0 Å². The molecule has 3 N–H and O–H groups in total. The molecule has 1 rings (SSSR count).